The molecule has 1 amide bonds. The van der Waals surface area contributed by atoms with Crippen LogP contribution >= 0.6 is 0 Å². The summed E-state index contributed by atoms with van der Waals surface area (Å²) in [6, 6.07) is 0. The first-order valence-corrected chi connectivity index (χ1v) is 4.44. The molecule has 0 aliphatic carbocycles. The molecule has 1 aliphatic rings. The zero-order valence-electron chi connectivity index (χ0n) is 7.88. The van der Waals surface area contributed by atoms with Gasteiger partial charge in [-0.15, -0.1) is 0 Å². The van der Waals surface area contributed by atoms with Crippen LogP contribution in [0.25, 0.3) is 0 Å². The van der Waals surface area contributed by atoms with E-state index in [1.807, 2.05) is 0 Å². The van der Waals surface area contributed by atoms with Gasteiger partial charge in [-0.25, -0.2) is 0 Å². The average Bonchev–Trinajstić information content (AvgIpc) is 2.10. The molecule has 4 N–H and O–H groups in total. The maximum atomic E-state index is 10.7. The molecule has 0 radical (unpaired) electrons. The van der Waals surface area contributed by atoms with E-state index in [0.717, 1.165) is 0 Å². The predicted octanol–water partition coefficient (Wildman–Crippen LogP) is -2.05. The Morgan fingerprint density at radius 2 is 2.21 bits per heavy atom. The standard InChI is InChI=1S/C8H15NO5/c1-4(11)9-7-2-5(12)8(13)6(3-10)14-7/h5-8,10,12-13H,2-3H2,1H3,(H,9,11)/t5-,6-,7-,8-/m1/s1. The second-order valence-electron chi connectivity index (χ2n) is 3.34. The van der Waals surface area contributed by atoms with E-state index < -0.39 is 31.1 Å². The Bertz CT molecular complexity index is 210. The van der Waals surface area contributed by atoms with Crippen molar-refractivity contribution in [3.8, 4) is 0 Å². The van der Waals surface area contributed by atoms with Crippen molar-refractivity contribution in [3.05, 3.63) is 0 Å². The van der Waals surface area contributed by atoms with Crippen molar-refractivity contribution in [1.29, 1.82) is 0 Å². The van der Waals surface area contributed by atoms with Crippen LogP contribution in [-0.4, -0.2) is 52.4 Å². The highest BCUT2D eigenvalue weighted by Crippen LogP contribution is 2.18. The number of aliphatic hydroxyl groups excluding tert-OH is 3. The molecular weight excluding hydrogens is 190 g/mol. The van der Waals surface area contributed by atoms with Gasteiger partial charge in [0.1, 0.15) is 18.4 Å². The molecule has 0 bridgehead atoms. The third-order valence-electron chi connectivity index (χ3n) is 2.11. The summed E-state index contributed by atoms with van der Waals surface area (Å²) < 4.78 is 5.14. The molecule has 0 unspecified atom stereocenters. The normalized spacial score (nSPS) is 38.0. The largest absolute Gasteiger partial charge is 0.394 e. The van der Waals surface area contributed by atoms with Gasteiger partial charge in [0.25, 0.3) is 0 Å². The van der Waals surface area contributed by atoms with Crippen LogP contribution in [0.2, 0.25) is 0 Å². The lowest BCUT2D eigenvalue weighted by Crippen LogP contribution is -2.54. The van der Waals surface area contributed by atoms with Gasteiger partial charge >= 0.3 is 0 Å². The van der Waals surface area contributed by atoms with Crippen LogP contribution in [0.4, 0.5) is 0 Å². The highest BCUT2D eigenvalue weighted by Gasteiger charge is 2.36. The Balaban J connectivity index is 2.53. The summed E-state index contributed by atoms with van der Waals surface area (Å²) in [4.78, 5) is 10.7. The van der Waals surface area contributed by atoms with E-state index in [-0.39, 0.29) is 12.3 Å². The fraction of sp³-hybridized carbons (Fsp3) is 0.875. The molecule has 0 aromatic rings. The van der Waals surface area contributed by atoms with Crippen LogP contribution in [-0.2, 0) is 9.53 Å². The SMILES string of the molecule is CC(=O)N[C@H]1C[C@@H](O)[C@@H](O)[C@@H](CO)O1. The van der Waals surface area contributed by atoms with E-state index in [9.17, 15) is 15.0 Å². The van der Waals surface area contributed by atoms with Crippen LogP contribution in [0.1, 0.15) is 13.3 Å². The van der Waals surface area contributed by atoms with E-state index in [4.69, 9.17) is 9.84 Å². The number of hydrogen-bond acceptors (Lipinski definition) is 5. The van der Waals surface area contributed by atoms with Gasteiger partial charge in [-0.05, 0) is 0 Å². The molecule has 1 fully saturated rings. The van der Waals surface area contributed by atoms with Gasteiger partial charge in [0, 0.05) is 13.3 Å². The van der Waals surface area contributed by atoms with Crippen molar-refractivity contribution in [2.45, 2.75) is 37.9 Å². The molecule has 4 atom stereocenters. The second kappa shape index (κ2) is 4.70. The summed E-state index contributed by atoms with van der Waals surface area (Å²) in [5.74, 6) is -0.282. The van der Waals surface area contributed by atoms with E-state index in [1.54, 1.807) is 0 Å². The molecule has 1 rings (SSSR count). The zero-order valence-corrected chi connectivity index (χ0v) is 7.88. The first kappa shape index (κ1) is 11.4. The highest BCUT2D eigenvalue weighted by atomic mass is 16.5. The predicted molar refractivity (Wildman–Crippen MR) is 46.2 cm³/mol. The molecule has 0 spiro atoms. The van der Waals surface area contributed by atoms with Crippen molar-refractivity contribution >= 4 is 5.91 Å². The third kappa shape index (κ3) is 2.65. The summed E-state index contributed by atoms with van der Waals surface area (Å²) in [5, 5.41) is 30.0. The third-order valence-corrected chi connectivity index (χ3v) is 2.11. The average molecular weight is 205 g/mol. The van der Waals surface area contributed by atoms with Gasteiger partial charge in [-0.1, -0.05) is 0 Å². The van der Waals surface area contributed by atoms with Gasteiger partial charge in [0.2, 0.25) is 5.91 Å². The van der Waals surface area contributed by atoms with Gasteiger partial charge in [-0.2, -0.15) is 0 Å². The monoisotopic (exact) mass is 205 g/mol. The van der Waals surface area contributed by atoms with Crippen molar-refractivity contribution < 1.29 is 24.9 Å². The number of ether oxygens (including phenoxy) is 1. The summed E-state index contributed by atoms with van der Waals surface area (Å²) in [7, 11) is 0. The second-order valence-corrected chi connectivity index (χ2v) is 3.34. The van der Waals surface area contributed by atoms with Gasteiger partial charge < -0.3 is 25.4 Å². The van der Waals surface area contributed by atoms with Crippen LogP contribution < -0.4 is 5.32 Å². The maximum absolute atomic E-state index is 10.7. The number of aliphatic hydroxyl groups is 3. The van der Waals surface area contributed by atoms with E-state index >= 15 is 0 Å². The van der Waals surface area contributed by atoms with Crippen molar-refractivity contribution in [3.63, 3.8) is 0 Å². The lowest BCUT2D eigenvalue weighted by Gasteiger charge is -2.36. The molecule has 82 valence electrons. The fourth-order valence-corrected chi connectivity index (χ4v) is 1.42. The quantitative estimate of drug-likeness (QED) is 0.416. The van der Waals surface area contributed by atoms with E-state index in [2.05, 4.69) is 5.32 Å². The number of carbonyl (C=O) groups excluding carboxylic acids is 1. The molecule has 0 aromatic carbocycles. The zero-order chi connectivity index (χ0) is 10.7. The number of carbonyl (C=O) groups is 1. The maximum Gasteiger partial charge on any atom is 0.218 e. The van der Waals surface area contributed by atoms with Gasteiger partial charge in [0.05, 0.1) is 12.7 Å². The van der Waals surface area contributed by atoms with Crippen LogP contribution in [0, 0.1) is 0 Å². The molecule has 6 nitrogen and oxygen atoms in total. The lowest BCUT2D eigenvalue weighted by molar-refractivity contribution is -0.188. The van der Waals surface area contributed by atoms with E-state index in [1.165, 1.54) is 6.92 Å². The minimum absolute atomic E-state index is 0.122. The van der Waals surface area contributed by atoms with E-state index in [0.29, 0.717) is 0 Å². The summed E-state index contributed by atoms with van der Waals surface area (Å²) in [6.07, 6.45) is -3.47. The topological polar surface area (TPSA) is 99.0 Å². The van der Waals surface area contributed by atoms with Crippen molar-refractivity contribution in [1.82, 2.24) is 5.32 Å². The lowest BCUT2D eigenvalue weighted by atomic mass is 10.0. The molecule has 6 heteroatoms. The first-order chi connectivity index (χ1) is 6.54. The Morgan fingerprint density at radius 3 is 2.71 bits per heavy atom. The van der Waals surface area contributed by atoms with Gasteiger partial charge in [0.15, 0.2) is 0 Å². The number of hydrogen-bond donors (Lipinski definition) is 4. The Hall–Kier alpha value is -0.690. The Labute approximate surface area is 81.5 Å². The van der Waals surface area contributed by atoms with Crippen LogP contribution in [0.5, 0.6) is 0 Å². The Kier molecular flexibility index (Phi) is 3.82. The summed E-state index contributed by atoms with van der Waals surface area (Å²) in [5.41, 5.74) is 0. The summed E-state index contributed by atoms with van der Waals surface area (Å²) in [6.45, 7) is 0.934. The molecule has 14 heavy (non-hydrogen) atoms. The molecule has 0 saturated carbocycles. The van der Waals surface area contributed by atoms with Gasteiger partial charge in [-0.3, -0.25) is 4.79 Å². The minimum Gasteiger partial charge on any atom is -0.394 e. The minimum atomic E-state index is -1.11. The molecule has 1 aliphatic heterocycles. The number of amides is 1. The van der Waals surface area contributed by atoms with Crippen molar-refractivity contribution in [2.24, 2.45) is 0 Å². The highest BCUT2D eigenvalue weighted by molar-refractivity contribution is 5.73. The molecular formula is C8H15NO5. The van der Waals surface area contributed by atoms with Crippen LogP contribution in [0.3, 0.4) is 0 Å². The molecule has 1 heterocycles. The van der Waals surface area contributed by atoms with Crippen LogP contribution in [0.15, 0.2) is 0 Å². The van der Waals surface area contributed by atoms with Crippen molar-refractivity contribution in [2.75, 3.05) is 6.61 Å². The smallest absolute Gasteiger partial charge is 0.218 e. The fourth-order valence-electron chi connectivity index (χ4n) is 1.42. The number of nitrogens with one attached hydrogen (secondary N) is 1. The molecule has 0 aromatic heterocycles. The first-order valence-electron chi connectivity index (χ1n) is 4.44. The summed E-state index contributed by atoms with van der Waals surface area (Å²) >= 11 is 0. The molecule has 1 saturated heterocycles. The Morgan fingerprint density at radius 1 is 1.57 bits per heavy atom. The number of rotatable bonds is 2.